The molecule has 1 heterocycles. The summed E-state index contributed by atoms with van der Waals surface area (Å²) in [7, 11) is 0. The lowest BCUT2D eigenvalue weighted by molar-refractivity contribution is -0.138. The number of rotatable bonds is 3. The number of hydrogen-bond donors (Lipinski definition) is 0. The number of hydrogen-bond acceptors (Lipinski definition) is 2. The Balaban J connectivity index is 2.33. The van der Waals surface area contributed by atoms with E-state index in [1.165, 1.54) is 5.57 Å². The van der Waals surface area contributed by atoms with E-state index in [9.17, 15) is 0 Å². The van der Waals surface area contributed by atoms with Crippen LogP contribution in [-0.2, 0) is 9.47 Å². The Kier molecular flexibility index (Phi) is 2.91. The highest BCUT2D eigenvalue weighted by atomic mass is 16.7. The normalized spacial score (nSPS) is 27.4. The molecule has 0 aromatic heterocycles. The fourth-order valence-electron chi connectivity index (χ4n) is 1.33. The number of ether oxygens (including phenoxy) is 2. The first-order valence-electron chi connectivity index (χ1n) is 4.52. The van der Waals surface area contributed by atoms with Crippen molar-refractivity contribution in [2.75, 3.05) is 6.61 Å². The minimum atomic E-state index is -0.390. The largest absolute Gasteiger partial charge is 0.348 e. The maximum absolute atomic E-state index is 5.64. The summed E-state index contributed by atoms with van der Waals surface area (Å²) in [5.74, 6) is -0.390. The highest BCUT2D eigenvalue weighted by Gasteiger charge is 2.32. The molecule has 12 heavy (non-hydrogen) atoms. The van der Waals surface area contributed by atoms with Crippen LogP contribution in [0.2, 0.25) is 0 Å². The van der Waals surface area contributed by atoms with Gasteiger partial charge in [0.05, 0.1) is 12.7 Å². The van der Waals surface area contributed by atoms with Crippen LogP contribution in [0.5, 0.6) is 0 Å². The molecule has 0 aliphatic carbocycles. The molecule has 2 nitrogen and oxygen atoms in total. The van der Waals surface area contributed by atoms with E-state index >= 15 is 0 Å². The van der Waals surface area contributed by atoms with Gasteiger partial charge in [-0.1, -0.05) is 19.1 Å². The van der Waals surface area contributed by atoms with E-state index in [0.29, 0.717) is 6.61 Å². The summed E-state index contributed by atoms with van der Waals surface area (Å²) >= 11 is 0. The van der Waals surface area contributed by atoms with E-state index in [4.69, 9.17) is 9.47 Å². The van der Waals surface area contributed by atoms with Crippen molar-refractivity contribution in [1.82, 2.24) is 0 Å². The van der Waals surface area contributed by atoms with Crippen LogP contribution in [0.15, 0.2) is 12.2 Å². The van der Waals surface area contributed by atoms with E-state index < -0.39 is 5.79 Å². The average Bonchev–Trinajstić information content (AvgIpc) is 2.30. The van der Waals surface area contributed by atoms with Gasteiger partial charge in [-0.25, -0.2) is 0 Å². The lowest BCUT2D eigenvalue weighted by Gasteiger charge is -2.17. The molecule has 0 spiro atoms. The Bertz CT molecular complexity index is 173. The van der Waals surface area contributed by atoms with Crippen LogP contribution in [0.4, 0.5) is 0 Å². The van der Waals surface area contributed by atoms with Crippen LogP contribution in [-0.4, -0.2) is 18.5 Å². The predicted octanol–water partition coefficient (Wildman–Crippen LogP) is 2.49. The Hall–Kier alpha value is -0.340. The quantitative estimate of drug-likeness (QED) is 0.606. The monoisotopic (exact) mass is 170 g/mol. The second kappa shape index (κ2) is 3.58. The molecule has 1 unspecified atom stereocenters. The van der Waals surface area contributed by atoms with E-state index in [0.717, 1.165) is 12.8 Å². The smallest absolute Gasteiger partial charge is 0.163 e. The van der Waals surface area contributed by atoms with Gasteiger partial charge in [-0.3, -0.25) is 0 Å². The van der Waals surface area contributed by atoms with Crippen LogP contribution >= 0.6 is 0 Å². The molecule has 0 amide bonds. The van der Waals surface area contributed by atoms with E-state index in [2.05, 4.69) is 13.5 Å². The fourth-order valence-corrected chi connectivity index (χ4v) is 1.33. The van der Waals surface area contributed by atoms with Gasteiger partial charge in [-0.2, -0.15) is 0 Å². The lowest BCUT2D eigenvalue weighted by atomic mass is 10.1. The van der Waals surface area contributed by atoms with E-state index in [1.807, 2.05) is 13.8 Å². The summed E-state index contributed by atoms with van der Waals surface area (Å²) in [6.45, 7) is 10.7. The minimum absolute atomic E-state index is 0.215. The first kappa shape index (κ1) is 9.75. The van der Waals surface area contributed by atoms with Gasteiger partial charge in [-0.15, -0.1) is 0 Å². The van der Waals surface area contributed by atoms with Gasteiger partial charge in [0.2, 0.25) is 0 Å². The molecule has 0 bridgehead atoms. The predicted molar refractivity (Wildman–Crippen MR) is 49.0 cm³/mol. The fraction of sp³-hybridized carbons (Fsp3) is 0.800. The second-order valence-corrected chi connectivity index (χ2v) is 3.76. The van der Waals surface area contributed by atoms with Crippen LogP contribution in [0.3, 0.4) is 0 Å². The van der Waals surface area contributed by atoms with Crippen molar-refractivity contribution >= 4 is 0 Å². The molecule has 0 aromatic carbocycles. The third-order valence-corrected chi connectivity index (χ3v) is 2.08. The van der Waals surface area contributed by atoms with Gasteiger partial charge in [0.15, 0.2) is 5.79 Å². The van der Waals surface area contributed by atoms with Gasteiger partial charge in [0, 0.05) is 0 Å². The summed E-state index contributed by atoms with van der Waals surface area (Å²) in [5, 5.41) is 0. The molecule has 0 aromatic rings. The van der Waals surface area contributed by atoms with E-state index in [1.54, 1.807) is 0 Å². The van der Waals surface area contributed by atoms with Crippen molar-refractivity contribution in [1.29, 1.82) is 0 Å². The Labute approximate surface area is 74.6 Å². The van der Waals surface area contributed by atoms with Crippen molar-refractivity contribution in [3.8, 4) is 0 Å². The molecule has 70 valence electrons. The highest BCUT2D eigenvalue weighted by Crippen LogP contribution is 2.26. The zero-order valence-electron chi connectivity index (χ0n) is 8.22. The van der Waals surface area contributed by atoms with Crippen LogP contribution in [0.25, 0.3) is 0 Å². The molecular weight excluding hydrogens is 152 g/mol. The second-order valence-electron chi connectivity index (χ2n) is 3.76. The van der Waals surface area contributed by atoms with Gasteiger partial charge < -0.3 is 9.47 Å². The Morgan fingerprint density at radius 2 is 2.25 bits per heavy atom. The maximum Gasteiger partial charge on any atom is 0.163 e. The summed E-state index contributed by atoms with van der Waals surface area (Å²) < 4.78 is 11.1. The van der Waals surface area contributed by atoms with Crippen molar-refractivity contribution in [2.45, 2.75) is 45.5 Å². The topological polar surface area (TPSA) is 18.5 Å². The summed E-state index contributed by atoms with van der Waals surface area (Å²) in [5.41, 5.74) is 1.24. The van der Waals surface area contributed by atoms with Gasteiger partial charge in [-0.05, 0) is 26.7 Å². The van der Waals surface area contributed by atoms with Crippen molar-refractivity contribution in [3.05, 3.63) is 12.2 Å². The Morgan fingerprint density at radius 1 is 1.58 bits per heavy atom. The molecule has 1 aliphatic heterocycles. The molecule has 1 saturated heterocycles. The third-order valence-electron chi connectivity index (χ3n) is 2.08. The molecule has 1 aliphatic rings. The van der Waals surface area contributed by atoms with Crippen molar-refractivity contribution < 1.29 is 9.47 Å². The molecular formula is C10H18O2. The first-order chi connectivity index (χ1) is 5.53. The molecule has 0 radical (unpaired) electrons. The molecule has 0 saturated carbocycles. The summed E-state index contributed by atoms with van der Waals surface area (Å²) in [6.07, 6.45) is 2.17. The minimum Gasteiger partial charge on any atom is -0.348 e. The molecule has 1 atom stereocenters. The molecule has 1 rings (SSSR count). The highest BCUT2D eigenvalue weighted by molar-refractivity contribution is 4.96. The summed E-state index contributed by atoms with van der Waals surface area (Å²) in [4.78, 5) is 0. The standard InChI is InChI=1S/C10H18O2/c1-5-8(2)6-9-7-11-10(3,4)12-9/h9H,2,5-7H2,1,3-4H3. The van der Waals surface area contributed by atoms with Gasteiger partial charge in [0.25, 0.3) is 0 Å². The zero-order chi connectivity index (χ0) is 9.19. The van der Waals surface area contributed by atoms with Gasteiger partial charge >= 0.3 is 0 Å². The van der Waals surface area contributed by atoms with Crippen LogP contribution in [0.1, 0.15) is 33.6 Å². The molecule has 1 fully saturated rings. The van der Waals surface area contributed by atoms with Crippen LogP contribution in [0, 0.1) is 0 Å². The van der Waals surface area contributed by atoms with Gasteiger partial charge in [0.1, 0.15) is 0 Å². The lowest BCUT2D eigenvalue weighted by Crippen LogP contribution is -2.21. The Morgan fingerprint density at radius 3 is 2.67 bits per heavy atom. The third kappa shape index (κ3) is 2.61. The molecule has 2 heteroatoms. The van der Waals surface area contributed by atoms with Crippen molar-refractivity contribution in [3.63, 3.8) is 0 Å². The first-order valence-corrected chi connectivity index (χ1v) is 4.52. The molecule has 0 N–H and O–H groups in total. The van der Waals surface area contributed by atoms with Crippen molar-refractivity contribution in [2.24, 2.45) is 0 Å². The SMILES string of the molecule is C=C(CC)CC1COC(C)(C)O1. The zero-order valence-corrected chi connectivity index (χ0v) is 8.22. The summed E-state index contributed by atoms with van der Waals surface area (Å²) in [6, 6.07) is 0. The van der Waals surface area contributed by atoms with Crippen LogP contribution < -0.4 is 0 Å². The maximum atomic E-state index is 5.64. The van der Waals surface area contributed by atoms with E-state index in [-0.39, 0.29) is 6.10 Å². The average molecular weight is 170 g/mol.